The maximum absolute atomic E-state index is 10.4. The van der Waals surface area contributed by atoms with E-state index in [1.54, 1.807) is 0 Å². The number of ether oxygens (including phenoxy) is 1. The third-order valence-electron chi connectivity index (χ3n) is 3.60. The van der Waals surface area contributed by atoms with Crippen molar-refractivity contribution in [2.45, 2.75) is 44.6 Å². The van der Waals surface area contributed by atoms with Crippen LogP contribution in [0.25, 0.3) is 0 Å². The van der Waals surface area contributed by atoms with Gasteiger partial charge in [-0.15, -0.1) is 0 Å². The van der Waals surface area contributed by atoms with Crippen LogP contribution in [0.15, 0.2) is 0 Å². The number of rotatable bonds is 4. The summed E-state index contributed by atoms with van der Waals surface area (Å²) in [6.07, 6.45) is 2.53. The summed E-state index contributed by atoms with van der Waals surface area (Å²) in [6, 6.07) is 1.14. The zero-order valence-corrected chi connectivity index (χ0v) is 10.6. The molecular formula is C12H24N2O2. The van der Waals surface area contributed by atoms with E-state index in [9.17, 15) is 5.11 Å². The number of nitrogens with zero attached hydrogens (tertiary/aromatic N) is 2. The van der Waals surface area contributed by atoms with Gasteiger partial charge in [0, 0.05) is 18.6 Å². The van der Waals surface area contributed by atoms with Gasteiger partial charge in [0.25, 0.3) is 0 Å². The molecule has 0 aromatic carbocycles. The van der Waals surface area contributed by atoms with E-state index in [0.717, 1.165) is 6.54 Å². The summed E-state index contributed by atoms with van der Waals surface area (Å²) in [5, 5.41) is 10.4. The quantitative estimate of drug-likeness (QED) is 0.760. The molecule has 16 heavy (non-hydrogen) atoms. The molecule has 1 aliphatic carbocycles. The molecule has 1 N–H and O–H groups in total. The van der Waals surface area contributed by atoms with Crippen molar-refractivity contribution in [3.05, 3.63) is 0 Å². The SMILES string of the molecule is CC(C)N1CCOC(O)(CN(C)C2CC2)C1. The standard InChI is InChI=1S/C12H24N2O2/c1-10(2)14-6-7-16-12(15,9-14)8-13(3)11-4-5-11/h10-11,15H,4-9H2,1-3H3. The van der Waals surface area contributed by atoms with Crippen LogP contribution in [0.1, 0.15) is 26.7 Å². The lowest BCUT2D eigenvalue weighted by Gasteiger charge is -2.42. The fourth-order valence-corrected chi connectivity index (χ4v) is 2.37. The van der Waals surface area contributed by atoms with E-state index in [2.05, 4.69) is 30.7 Å². The Morgan fingerprint density at radius 2 is 2.19 bits per heavy atom. The van der Waals surface area contributed by atoms with Crippen molar-refractivity contribution in [3.8, 4) is 0 Å². The van der Waals surface area contributed by atoms with E-state index in [-0.39, 0.29) is 0 Å². The van der Waals surface area contributed by atoms with Gasteiger partial charge in [0.15, 0.2) is 5.79 Å². The van der Waals surface area contributed by atoms with Crippen LogP contribution in [0.2, 0.25) is 0 Å². The summed E-state index contributed by atoms with van der Waals surface area (Å²) in [7, 11) is 2.08. The van der Waals surface area contributed by atoms with E-state index < -0.39 is 5.79 Å². The maximum atomic E-state index is 10.4. The van der Waals surface area contributed by atoms with Gasteiger partial charge in [-0.2, -0.15) is 0 Å². The number of aliphatic hydroxyl groups is 1. The molecule has 0 bridgehead atoms. The summed E-state index contributed by atoms with van der Waals surface area (Å²) in [4.78, 5) is 4.51. The van der Waals surface area contributed by atoms with E-state index >= 15 is 0 Å². The van der Waals surface area contributed by atoms with Crippen LogP contribution in [-0.2, 0) is 4.74 Å². The zero-order chi connectivity index (χ0) is 11.8. The minimum absolute atomic E-state index is 0.474. The molecule has 2 aliphatic rings. The average Bonchev–Trinajstić information content (AvgIpc) is 2.99. The fourth-order valence-electron chi connectivity index (χ4n) is 2.37. The molecule has 0 radical (unpaired) electrons. The lowest BCUT2D eigenvalue weighted by Crippen LogP contribution is -2.58. The van der Waals surface area contributed by atoms with Gasteiger partial charge >= 0.3 is 0 Å². The van der Waals surface area contributed by atoms with Crippen LogP contribution in [0, 0.1) is 0 Å². The molecule has 1 aliphatic heterocycles. The largest absolute Gasteiger partial charge is 0.363 e. The van der Waals surface area contributed by atoms with Crippen molar-refractivity contribution in [1.82, 2.24) is 9.80 Å². The lowest BCUT2D eigenvalue weighted by atomic mass is 10.1. The third kappa shape index (κ3) is 2.94. The first-order valence-electron chi connectivity index (χ1n) is 6.31. The highest BCUT2D eigenvalue weighted by molar-refractivity contribution is 4.88. The second-order valence-electron chi connectivity index (χ2n) is 5.51. The highest BCUT2D eigenvalue weighted by Crippen LogP contribution is 2.28. The number of hydrogen-bond acceptors (Lipinski definition) is 4. The number of morpholine rings is 1. The van der Waals surface area contributed by atoms with Crippen LogP contribution < -0.4 is 0 Å². The minimum atomic E-state index is -0.972. The molecule has 0 spiro atoms. The molecule has 0 aromatic rings. The third-order valence-corrected chi connectivity index (χ3v) is 3.60. The maximum Gasteiger partial charge on any atom is 0.191 e. The van der Waals surface area contributed by atoms with Gasteiger partial charge in [0.2, 0.25) is 0 Å². The summed E-state index contributed by atoms with van der Waals surface area (Å²) in [5.41, 5.74) is 0. The second-order valence-corrected chi connectivity index (χ2v) is 5.51. The smallest absolute Gasteiger partial charge is 0.191 e. The molecule has 1 unspecified atom stereocenters. The van der Waals surface area contributed by atoms with Gasteiger partial charge in [0.05, 0.1) is 19.7 Å². The average molecular weight is 228 g/mol. The van der Waals surface area contributed by atoms with Crippen molar-refractivity contribution in [2.75, 3.05) is 33.3 Å². The van der Waals surface area contributed by atoms with E-state index in [1.165, 1.54) is 12.8 Å². The van der Waals surface area contributed by atoms with E-state index in [4.69, 9.17) is 4.74 Å². The van der Waals surface area contributed by atoms with Crippen molar-refractivity contribution < 1.29 is 9.84 Å². The minimum Gasteiger partial charge on any atom is -0.363 e. The van der Waals surface area contributed by atoms with Gasteiger partial charge in [-0.05, 0) is 33.7 Å². The molecule has 0 aromatic heterocycles. The van der Waals surface area contributed by atoms with Gasteiger partial charge in [-0.1, -0.05) is 0 Å². The first kappa shape index (κ1) is 12.3. The molecule has 2 rings (SSSR count). The van der Waals surface area contributed by atoms with Crippen LogP contribution in [0.5, 0.6) is 0 Å². The monoisotopic (exact) mass is 228 g/mol. The van der Waals surface area contributed by atoms with Gasteiger partial charge in [-0.3, -0.25) is 9.80 Å². The summed E-state index contributed by atoms with van der Waals surface area (Å²) >= 11 is 0. The molecule has 0 amide bonds. The van der Waals surface area contributed by atoms with Gasteiger partial charge in [0.1, 0.15) is 0 Å². The second kappa shape index (κ2) is 4.61. The normalized spacial score (nSPS) is 32.6. The Kier molecular flexibility index (Phi) is 3.54. The Morgan fingerprint density at radius 3 is 2.75 bits per heavy atom. The van der Waals surface area contributed by atoms with Gasteiger partial charge < -0.3 is 9.84 Å². The highest BCUT2D eigenvalue weighted by Gasteiger charge is 2.39. The number of hydrogen-bond donors (Lipinski definition) is 1. The highest BCUT2D eigenvalue weighted by atomic mass is 16.6. The Hall–Kier alpha value is -0.160. The first-order chi connectivity index (χ1) is 7.50. The van der Waals surface area contributed by atoms with Crippen LogP contribution >= 0.6 is 0 Å². The lowest BCUT2D eigenvalue weighted by molar-refractivity contribution is -0.248. The van der Waals surface area contributed by atoms with E-state index in [1.807, 2.05) is 0 Å². The molecule has 1 saturated carbocycles. The molecule has 2 fully saturated rings. The summed E-state index contributed by atoms with van der Waals surface area (Å²) < 4.78 is 5.57. The molecule has 1 heterocycles. The Labute approximate surface area is 98.2 Å². The van der Waals surface area contributed by atoms with Crippen LogP contribution in [0.3, 0.4) is 0 Å². The number of β-amino-alcohol motifs (C(OH)–C–C–N with tert-alkyl or cyclic N) is 1. The molecule has 94 valence electrons. The predicted octanol–water partition coefficient (Wildman–Crippen LogP) is 0.510. The molecular weight excluding hydrogens is 204 g/mol. The van der Waals surface area contributed by atoms with Crippen molar-refractivity contribution >= 4 is 0 Å². The molecule has 4 nitrogen and oxygen atoms in total. The van der Waals surface area contributed by atoms with Crippen LogP contribution in [0.4, 0.5) is 0 Å². The molecule has 4 heteroatoms. The summed E-state index contributed by atoms with van der Waals surface area (Å²) in [5.74, 6) is -0.972. The number of likely N-dealkylation sites (N-methyl/N-ethyl adjacent to an activating group) is 1. The zero-order valence-electron chi connectivity index (χ0n) is 10.6. The van der Waals surface area contributed by atoms with Gasteiger partial charge in [-0.25, -0.2) is 0 Å². The van der Waals surface area contributed by atoms with Crippen molar-refractivity contribution in [2.24, 2.45) is 0 Å². The summed E-state index contributed by atoms with van der Waals surface area (Å²) in [6.45, 7) is 7.13. The Morgan fingerprint density at radius 1 is 1.50 bits per heavy atom. The van der Waals surface area contributed by atoms with Crippen LogP contribution in [-0.4, -0.2) is 66.1 Å². The Bertz CT molecular complexity index is 239. The fraction of sp³-hybridized carbons (Fsp3) is 1.00. The first-order valence-corrected chi connectivity index (χ1v) is 6.31. The van der Waals surface area contributed by atoms with Crippen molar-refractivity contribution in [3.63, 3.8) is 0 Å². The predicted molar refractivity (Wildman–Crippen MR) is 63.3 cm³/mol. The topological polar surface area (TPSA) is 35.9 Å². The van der Waals surface area contributed by atoms with Crippen molar-refractivity contribution in [1.29, 1.82) is 0 Å². The molecule has 1 atom stereocenters. The molecule has 1 saturated heterocycles. The Balaban J connectivity index is 1.89. The van der Waals surface area contributed by atoms with E-state index in [0.29, 0.717) is 31.8 Å².